The van der Waals surface area contributed by atoms with Crippen LogP contribution in [0.1, 0.15) is 12.6 Å². The molecule has 0 saturated heterocycles. The number of hydrogen-bond donors (Lipinski definition) is 0. The van der Waals surface area contributed by atoms with E-state index in [1.165, 1.54) is 11.3 Å². The van der Waals surface area contributed by atoms with Crippen molar-refractivity contribution < 1.29 is 0 Å². The van der Waals surface area contributed by atoms with E-state index in [9.17, 15) is 0 Å². The summed E-state index contributed by atoms with van der Waals surface area (Å²) in [6.45, 7) is 2.10. The Kier molecular flexibility index (Phi) is 1.39. The van der Waals surface area contributed by atoms with Gasteiger partial charge in [0.2, 0.25) is 0 Å². The maximum atomic E-state index is 4.15. The summed E-state index contributed by atoms with van der Waals surface area (Å²) in [5, 5.41) is 4.15. The number of hydrogen-bond acceptors (Lipinski definition) is 1. The third-order valence-electron chi connectivity index (χ3n) is 1.86. The molecule has 0 aliphatic carbocycles. The average molecular weight is 146 g/mol. The Morgan fingerprint density at radius 3 is 3.36 bits per heavy atom. The lowest BCUT2D eigenvalue weighted by Gasteiger charge is -1.94. The number of fused-ring (bicyclic) bond motifs is 1. The molecule has 0 amide bonds. The second-order valence-electron chi connectivity index (χ2n) is 2.74. The molecule has 0 fully saturated rings. The van der Waals surface area contributed by atoms with Gasteiger partial charge in [-0.3, -0.25) is 0 Å². The van der Waals surface area contributed by atoms with Gasteiger partial charge in [-0.2, -0.15) is 5.10 Å². The van der Waals surface area contributed by atoms with Crippen LogP contribution >= 0.6 is 0 Å². The van der Waals surface area contributed by atoms with E-state index < -0.39 is 0 Å². The van der Waals surface area contributed by atoms with E-state index in [2.05, 4.69) is 24.2 Å². The Bertz CT molecular complexity index is 318. The third kappa shape index (κ3) is 1.11. The van der Waals surface area contributed by atoms with Crippen molar-refractivity contribution in [2.24, 2.45) is 0 Å². The van der Waals surface area contributed by atoms with Gasteiger partial charge in [-0.25, -0.2) is 4.68 Å². The highest BCUT2D eigenvalue weighted by atomic mass is 15.3. The fourth-order valence-corrected chi connectivity index (χ4v) is 1.16. The first-order valence-electron chi connectivity index (χ1n) is 3.73. The van der Waals surface area contributed by atoms with Gasteiger partial charge in [0, 0.05) is 24.5 Å². The minimum atomic E-state index is 0.985. The second-order valence-corrected chi connectivity index (χ2v) is 2.74. The molecule has 0 N–H and O–H groups in total. The fraction of sp³-hybridized carbons (Fsp3) is 0.222. The molecule has 0 aromatic carbocycles. The first kappa shape index (κ1) is 6.40. The predicted octanol–water partition coefficient (Wildman–Crippen LogP) is 1.86. The summed E-state index contributed by atoms with van der Waals surface area (Å²) >= 11 is 0. The smallest absolute Gasteiger partial charge is 0.0496 e. The normalized spacial score (nSPS) is 15.5. The molecule has 0 bridgehead atoms. The van der Waals surface area contributed by atoms with Crippen molar-refractivity contribution in [1.82, 2.24) is 9.78 Å². The maximum absolute atomic E-state index is 4.15. The molecule has 2 heterocycles. The first-order valence-corrected chi connectivity index (χ1v) is 3.73. The van der Waals surface area contributed by atoms with Crippen LogP contribution in [0.4, 0.5) is 0 Å². The van der Waals surface area contributed by atoms with E-state index in [4.69, 9.17) is 0 Å². The van der Waals surface area contributed by atoms with E-state index in [0.29, 0.717) is 0 Å². The van der Waals surface area contributed by atoms with Gasteiger partial charge in [-0.05, 0) is 19.1 Å². The number of nitrogens with zero attached hydrogens (tertiary/aromatic N) is 2. The van der Waals surface area contributed by atoms with Crippen molar-refractivity contribution in [2.75, 3.05) is 0 Å². The predicted molar refractivity (Wildman–Crippen MR) is 45.0 cm³/mol. The molecule has 1 aliphatic heterocycles. The number of rotatable bonds is 0. The van der Waals surface area contributed by atoms with Gasteiger partial charge in [0.1, 0.15) is 0 Å². The molecule has 1 aromatic heterocycles. The molecule has 2 nitrogen and oxygen atoms in total. The molecule has 2 heteroatoms. The van der Waals surface area contributed by atoms with E-state index in [1.54, 1.807) is 0 Å². The molecule has 0 spiro atoms. The van der Waals surface area contributed by atoms with Crippen LogP contribution in [-0.4, -0.2) is 9.78 Å². The molecule has 1 aromatic rings. The summed E-state index contributed by atoms with van der Waals surface area (Å²) < 4.78 is 1.91. The zero-order valence-corrected chi connectivity index (χ0v) is 6.49. The zero-order chi connectivity index (χ0) is 7.68. The lowest BCUT2D eigenvalue weighted by molar-refractivity contribution is 0.880. The molecular weight excluding hydrogens is 136 g/mol. The van der Waals surface area contributed by atoms with Crippen LogP contribution in [0.3, 0.4) is 0 Å². The Hall–Kier alpha value is -1.31. The average Bonchev–Trinajstić information content (AvgIpc) is 2.38. The van der Waals surface area contributed by atoms with Crippen molar-refractivity contribution in [1.29, 1.82) is 0 Å². The number of allylic oxidation sites excluding steroid dienone is 3. The van der Waals surface area contributed by atoms with Crippen LogP contribution in [0.5, 0.6) is 0 Å². The van der Waals surface area contributed by atoms with E-state index in [0.717, 1.165) is 6.42 Å². The molecule has 11 heavy (non-hydrogen) atoms. The van der Waals surface area contributed by atoms with Crippen LogP contribution in [0.15, 0.2) is 30.0 Å². The molecule has 56 valence electrons. The van der Waals surface area contributed by atoms with Crippen LogP contribution in [0, 0.1) is 0 Å². The lowest BCUT2D eigenvalue weighted by Crippen LogP contribution is -1.92. The van der Waals surface area contributed by atoms with Crippen molar-refractivity contribution in [3.05, 3.63) is 35.7 Å². The Morgan fingerprint density at radius 1 is 1.55 bits per heavy atom. The van der Waals surface area contributed by atoms with Gasteiger partial charge >= 0.3 is 0 Å². The van der Waals surface area contributed by atoms with Crippen LogP contribution < -0.4 is 0 Å². The van der Waals surface area contributed by atoms with Gasteiger partial charge in [-0.1, -0.05) is 11.6 Å². The van der Waals surface area contributed by atoms with Crippen molar-refractivity contribution in [3.63, 3.8) is 0 Å². The largest absolute Gasteiger partial charge is 0.245 e. The van der Waals surface area contributed by atoms with E-state index >= 15 is 0 Å². The van der Waals surface area contributed by atoms with Crippen LogP contribution in [0.25, 0.3) is 6.20 Å². The molecule has 0 unspecified atom stereocenters. The fourth-order valence-electron chi connectivity index (χ4n) is 1.16. The van der Waals surface area contributed by atoms with Crippen molar-refractivity contribution >= 4 is 6.20 Å². The highest BCUT2D eigenvalue weighted by Gasteiger charge is 1.99. The summed E-state index contributed by atoms with van der Waals surface area (Å²) in [5.74, 6) is 0. The van der Waals surface area contributed by atoms with Gasteiger partial charge in [0.25, 0.3) is 0 Å². The van der Waals surface area contributed by atoms with Crippen molar-refractivity contribution in [3.8, 4) is 0 Å². The minimum absolute atomic E-state index is 0.985. The summed E-state index contributed by atoms with van der Waals surface area (Å²) in [6.07, 6.45) is 9.08. The lowest BCUT2D eigenvalue weighted by atomic mass is 10.2. The molecule has 0 radical (unpaired) electrons. The summed E-state index contributed by atoms with van der Waals surface area (Å²) in [4.78, 5) is 0. The van der Waals surface area contributed by atoms with Gasteiger partial charge < -0.3 is 0 Å². The van der Waals surface area contributed by atoms with Gasteiger partial charge in [0.05, 0.1) is 0 Å². The second kappa shape index (κ2) is 2.38. The summed E-state index contributed by atoms with van der Waals surface area (Å²) in [7, 11) is 0. The minimum Gasteiger partial charge on any atom is -0.245 e. The zero-order valence-electron chi connectivity index (χ0n) is 6.49. The summed E-state index contributed by atoms with van der Waals surface area (Å²) in [6, 6.07) is 2.04. The topological polar surface area (TPSA) is 17.8 Å². The third-order valence-corrected chi connectivity index (χ3v) is 1.86. The Balaban J connectivity index is 2.45. The standard InChI is InChI=1S/C9H10N2/c1-8-2-3-9-4-6-10-11(9)7-5-8/h2,4-7H,3H2,1H3. The Morgan fingerprint density at radius 2 is 2.45 bits per heavy atom. The SMILES string of the molecule is CC1=CCc2ccnn2C=C1. The highest BCUT2D eigenvalue weighted by Crippen LogP contribution is 2.09. The van der Waals surface area contributed by atoms with Crippen molar-refractivity contribution in [2.45, 2.75) is 13.3 Å². The molecule has 0 saturated carbocycles. The number of aromatic nitrogens is 2. The monoisotopic (exact) mass is 146 g/mol. The van der Waals surface area contributed by atoms with Gasteiger partial charge in [0.15, 0.2) is 0 Å². The van der Waals surface area contributed by atoms with E-state index in [1.807, 2.05) is 23.1 Å². The maximum Gasteiger partial charge on any atom is 0.0496 e. The van der Waals surface area contributed by atoms with Gasteiger partial charge in [-0.15, -0.1) is 0 Å². The van der Waals surface area contributed by atoms with Crippen LogP contribution in [0.2, 0.25) is 0 Å². The Labute approximate surface area is 65.8 Å². The quantitative estimate of drug-likeness (QED) is 0.546. The van der Waals surface area contributed by atoms with E-state index in [-0.39, 0.29) is 0 Å². The highest BCUT2D eigenvalue weighted by molar-refractivity contribution is 5.37. The van der Waals surface area contributed by atoms with Crippen LogP contribution in [-0.2, 0) is 6.42 Å². The molecular formula is C9H10N2. The molecule has 0 atom stereocenters. The molecule has 1 aliphatic rings. The first-order chi connectivity index (χ1) is 5.36. The molecule has 2 rings (SSSR count). The summed E-state index contributed by atoms with van der Waals surface area (Å²) in [5.41, 5.74) is 2.55.